The van der Waals surface area contributed by atoms with Crippen molar-refractivity contribution in [3.63, 3.8) is 0 Å². The van der Waals surface area contributed by atoms with Crippen LogP contribution in [0.25, 0.3) is 6.08 Å². The zero-order valence-corrected chi connectivity index (χ0v) is 11.7. The van der Waals surface area contributed by atoms with Gasteiger partial charge in [0.25, 0.3) is 0 Å². The van der Waals surface area contributed by atoms with E-state index in [4.69, 9.17) is 0 Å². The van der Waals surface area contributed by atoms with Crippen LogP contribution in [-0.4, -0.2) is 13.1 Å². The molecule has 0 aromatic heterocycles. The van der Waals surface area contributed by atoms with E-state index in [0.717, 1.165) is 13.1 Å². The predicted octanol–water partition coefficient (Wildman–Crippen LogP) is 4.65. The third kappa shape index (κ3) is 8.08. The van der Waals surface area contributed by atoms with E-state index in [1.165, 1.54) is 44.1 Å². The molecule has 0 atom stereocenters. The van der Waals surface area contributed by atoms with Gasteiger partial charge in [-0.15, -0.1) is 0 Å². The Morgan fingerprint density at radius 2 is 1.67 bits per heavy atom. The quantitative estimate of drug-likeness (QED) is 0.592. The third-order valence-electron chi connectivity index (χ3n) is 3.08. The summed E-state index contributed by atoms with van der Waals surface area (Å²) in [5.74, 6) is 0. The SMILES string of the molecule is CCCCCCCCNC/C=C/c1ccccc1. The smallest absolute Gasteiger partial charge is 0.0138 e. The van der Waals surface area contributed by atoms with Crippen molar-refractivity contribution in [2.45, 2.75) is 45.4 Å². The van der Waals surface area contributed by atoms with E-state index in [-0.39, 0.29) is 0 Å². The van der Waals surface area contributed by atoms with E-state index < -0.39 is 0 Å². The second kappa shape index (κ2) is 11.0. The van der Waals surface area contributed by atoms with E-state index in [1.807, 2.05) is 6.07 Å². The fourth-order valence-corrected chi connectivity index (χ4v) is 1.97. The lowest BCUT2D eigenvalue weighted by Crippen LogP contribution is -2.14. The van der Waals surface area contributed by atoms with E-state index >= 15 is 0 Å². The summed E-state index contributed by atoms with van der Waals surface area (Å²) in [6, 6.07) is 10.5. The first-order valence-corrected chi connectivity index (χ1v) is 7.36. The zero-order valence-electron chi connectivity index (χ0n) is 11.7. The average Bonchev–Trinajstić information content (AvgIpc) is 2.42. The van der Waals surface area contributed by atoms with Crippen molar-refractivity contribution in [1.29, 1.82) is 0 Å². The molecule has 0 radical (unpaired) electrons. The molecule has 1 rings (SSSR count). The molecule has 0 amide bonds. The van der Waals surface area contributed by atoms with Gasteiger partial charge in [0.05, 0.1) is 0 Å². The molecule has 0 heterocycles. The maximum Gasteiger partial charge on any atom is 0.0138 e. The minimum Gasteiger partial charge on any atom is -0.313 e. The highest BCUT2D eigenvalue weighted by molar-refractivity contribution is 5.48. The topological polar surface area (TPSA) is 12.0 Å². The molecule has 0 spiro atoms. The van der Waals surface area contributed by atoms with Crippen LogP contribution in [-0.2, 0) is 0 Å². The van der Waals surface area contributed by atoms with Crippen LogP contribution in [0.4, 0.5) is 0 Å². The molecule has 1 nitrogen and oxygen atoms in total. The maximum atomic E-state index is 3.46. The van der Waals surface area contributed by atoms with E-state index in [9.17, 15) is 0 Å². The first-order chi connectivity index (χ1) is 8.93. The molecule has 1 heteroatoms. The molecular formula is C17H27N. The third-order valence-corrected chi connectivity index (χ3v) is 3.08. The molecule has 0 aliphatic carbocycles. The van der Waals surface area contributed by atoms with Crippen LogP contribution < -0.4 is 5.32 Å². The number of hydrogen-bond donors (Lipinski definition) is 1. The van der Waals surface area contributed by atoms with Gasteiger partial charge in [0.2, 0.25) is 0 Å². The Bertz CT molecular complexity index is 303. The van der Waals surface area contributed by atoms with Crippen LogP contribution in [0, 0.1) is 0 Å². The lowest BCUT2D eigenvalue weighted by atomic mass is 10.1. The summed E-state index contributed by atoms with van der Waals surface area (Å²) in [7, 11) is 0. The Morgan fingerprint density at radius 1 is 0.944 bits per heavy atom. The first kappa shape index (κ1) is 15.0. The molecule has 18 heavy (non-hydrogen) atoms. The van der Waals surface area contributed by atoms with Crippen molar-refractivity contribution in [2.75, 3.05) is 13.1 Å². The highest BCUT2D eigenvalue weighted by Crippen LogP contribution is 2.04. The molecule has 0 unspecified atom stereocenters. The number of unbranched alkanes of at least 4 members (excludes halogenated alkanes) is 5. The lowest BCUT2D eigenvalue weighted by Gasteiger charge is -2.01. The van der Waals surface area contributed by atoms with Gasteiger partial charge in [0.1, 0.15) is 0 Å². The number of rotatable bonds is 10. The first-order valence-electron chi connectivity index (χ1n) is 7.36. The summed E-state index contributed by atoms with van der Waals surface area (Å²) in [5, 5.41) is 3.46. The molecular weight excluding hydrogens is 218 g/mol. The van der Waals surface area contributed by atoms with Crippen LogP contribution in [0.15, 0.2) is 36.4 Å². The second-order valence-electron chi connectivity index (χ2n) is 4.78. The Balaban J connectivity index is 1.91. The molecule has 0 bridgehead atoms. The minimum atomic E-state index is 0.976. The van der Waals surface area contributed by atoms with Crippen LogP contribution >= 0.6 is 0 Å². The summed E-state index contributed by atoms with van der Waals surface area (Å²) >= 11 is 0. The van der Waals surface area contributed by atoms with E-state index in [2.05, 4.69) is 48.7 Å². The number of benzene rings is 1. The van der Waals surface area contributed by atoms with Gasteiger partial charge in [-0.25, -0.2) is 0 Å². The molecule has 0 saturated heterocycles. The van der Waals surface area contributed by atoms with Crippen molar-refractivity contribution in [3.05, 3.63) is 42.0 Å². The average molecular weight is 245 g/mol. The number of nitrogens with one attached hydrogen (secondary N) is 1. The minimum absolute atomic E-state index is 0.976. The predicted molar refractivity (Wildman–Crippen MR) is 81.7 cm³/mol. The monoisotopic (exact) mass is 245 g/mol. The second-order valence-corrected chi connectivity index (χ2v) is 4.78. The Kier molecular flexibility index (Phi) is 9.18. The van der Waals surface area contributed by atoms with Gasteiger partial charge >= 0.3 is 0 Å². The molecule has 1 N–H and O–H groups in total. The highest BCUT2D eigenvalue weighted by atomic mass is 14.8. The van der Waals surface area contributed by atoms with Gasteiger partial charge in [-0.05, 0) is 18.5 Å². The Hall–Kier alpha value is -1.08. The molecule has 100 valence electrons. The van der Waals surface area contributed by atoms with Gasteiger partial charge in [0.15, 0.2) is 0 Å². The normalized spacial score (nSPS) is 11.2. The number of hydrogen-bond acceptors (Lipinski definition) is 1. The summed E-state index contributed by atoms with van der Waals surface area (Å²) < 4.78 is 0. The molecule has 0 aliphatic rings. The molecule has 0 saturated carbocycles. The van der Waals surface area contributed by atoms with Crippen molar-refractivity contribution in [3.8, 4) is 0 Å². The van der Waals surface area contributed by atoms with Crippen LogP contribution in [0.2, 0.25) is 0 Å². The molecule has 0 fully saturated rings. The van der Waals surface area contributed by atoms with Crippen LogP contribution in [0.3, 0.4) is 0 Å². The van der Waals surface area contributed by atoms with Crippen molar-refractivity contribution < 1.29 is 0 Å². The van der Waals surface area contributed by atoms with Gasteiger partial charge in [0, 0.05) is 6.54 Å². The molecule has 1 aromatic carbocycles. The van der Waals surface area contributed by atoms with E-state index in [1.54, 1.807) is 0 Å². The largest absolute Gasteiger partial charge is 0.313 e. The van der Waals surface area contributed by atoms with E-state index in [0.29, 0.717) is 0 Å². The lowest BCUT2D eigenvalue weighted by molar-refractivity contribution is 0.585. The Morgan fingerprint density at radius 3 is 2.44 bits per heavy atom. The fraction of sp³-hybridized carbons (Fsp3) is 0.529. The highest BCUT2D eigenvalue weighted by Gasteiger charge is 1.89. The summed E-state index contributed by atoms with van der Waals surface area (Å²) in [4.78, 5) is 0. The standard InChI is InChI=1S/C17H27N/c1-2-3-4-5-6-10-15-18-16-11-14-17-12-8-7-9-13-17/h7-9,11-14,18H,2-6,10,15-16H2,1H3/b14-11+. The van der Waals surface area contributed by atoms with Crippen molar-refractivity contribution >= 4 is 6.08 Å². The maximum absolute atomic E-state index is 3.46. The van der Waals surface area contributed by atoms with Crippen LogP contribution in [0.5, 0.6) is 0 Å². The van der Waals surface area contributed by atoms with Gasteiger partial charge in [-0.2, -0.15) is 0 Å². The Labute approximate surface area is 112 Å². The van der Waals surface area contributed by atoms with Gasteiger partial charge < -0.3 is 5.32 Å². The van der Waals surface area contributed by atoms with Gasteiger partial charge in [-0.3, -0.25) is 0 Å². The molecule has 0 aliphatic heterocycles. The summed E-state index contributed by atoms with van der Waals surface area (Å²) in [5.41, 5.74) is 1.28. The fourth-order valence-electron chi connectivity index (χ4n) is 1.97. The van der Waals surface area contributed by atoms with Gasteiger partial charge in [-0.1, -0.05) is 81.5 Å². The van der Waals surface area contributed by atoms with Crippen molar-refractivity contribution in [2.24, 2.45) is 0 Å². The van der Waals surface area contributed by atoms with Crippen LogP contribution in [0.1, 0.15) is 51.0 Å². The molecule has 1 aromatic rings. The summed E-state index contributed by atoms with van der Waals surface area (Å²) in [6.07, 6.45) is 12.6. The zero-order chi connectivity index (χ0) is 12.9. The van der Waals surface area contributed by atoms with Crippen molar-refractivity contribution in [1.82, 2.24) is 5.32 Å². The summed E-state index contributed by atoms with van der Waals surface area (Å²) in [6.45, 7) is 4.38.